The van der Waals surface area contributed by atoms with Crippen molar-refractivity contribution in [3.8, 4) is 0 Å². The van der Waals surface area contributed by atoms with E-state index in [1.807, 2.05) is 0 Å². The van der Waals surface area contributed by atoms with E-state index in [4.69, 9.17) is 28.3 Å². The molecule has 0 amide bonds. The highest BCUT2D eigenvalue weighted by molar-refractivity contribution is 7.20. The largest absolute Gasteiger partial charge is 0.392 e. The van der Waals surface area contributed by atoms with Gasteiger partial charge in [-0.15, -0.1) is 11.3 Å². The van der Waals surface area contributed by atoms with Gasteiger partial charge in [-0.2, -0.15) is 0 Å². The van der Waals surface area contributed by atoms with Crippen LogP contribution in [0.25, 0.3) is 0 Å². The molecule has 0 bridgehead atoms. The van der Waals surface area contributed by atoms with E-state index in [1.54, 1.807) is 24.9 Å². The van der Waals surface area contributed by atoms with Crippen LogP contribution in [0, 0.1) is 0 Å². The molecule has 0 radical (unpaired) electrons. The van der Waals surface area contributed by atoms with Crippen molar-refractivity contribution in [2.75, 3.05) is 20.1 Å². The van der Waals surface area contributed by atoms with Gasteiger partial charge < -0.3 is 5.11 Å². The SMILES string of the molecule is CC(O)CN(C)CC(=O)c1cc(Cl)sc1Cl. The Morgan fingerprint density at radius 1 is 1.62 bits per heavy atom. The zero-order valence-electron chi connectivity index (χ0n) is 9.04. The van der Waals surface area contributed by atoms with Crippen LogP contribution in [0.15, 0.2) is 6.07 Å². The molecule has 0 aromatic carbocycles. The van der Waals surface area contributed by atoms with E-state index in [1.165, 1.54) is 11.3 Å². The first kappa shape index (κ1) is 13.9. The van der Waals surface area contributed by atoms with Gasteiger partial charge in [0, 0.05) is 6.54 Å². The topological polar surface area (TPSA) is 40.5 Å². The number of thiophene rings is 1. The molecule has 0 saturated heterocycles. The van der Waals surface area contributed by atoms with Gasteiger partial charge in [0.1, 0.15) is 4.34 Å². The van der Waals surface area contributed by atoms with Crippen LogP contribution in [-0.2, 0) is 0 Å². The lowest BCUT2D eigenvalue weighted by atomic mass is 10.2. The number of carbonyl (C=O) groups excluding carboxylic acids is 1. The van der Waals surface area contributed by atoms with Gasteiger partial charge in [0.15, 0.2) is 5.78 Å². The molecule has 0 fully saturated rings. The van der Waals surface area contributed by atoms with Crippen molar-refractivity contribution in [1.82, 2.24) is 4.90 Å². The fraction of sp³-hybridized carbons (Fsp3) is 0.500. The second-order valence-electron chi connectivity index (χ2n) is 3.71. The Morgan fingerprint density at radius 2 is 2.25 bits per heavy atom. The lowest BCUT2D eigenvalue weighted by molar-refractivity contribution is 0.0902. The summed E-state index contributed by atoms with van der Waals surface area (Å²) in [4.78, 5) is 13.6. The molecule has 1 N–H and O–H groups in total. The molecule has 1 unspecified atom stereocenters. The fourth-order valence-corrected chi connectivity index (χ4v) is 2.88. The van der Waals surface area contributed by atoms with Crippen molar-refractivity contribution in [2.45, 2.75) is 13.0 Å². The van der Waals surface area contributed by atoms with Crippen molar-refractivity contribution in [3.63, 3.8) is 0 Å². The van der Waals surface area contributed by atoms with Crippen LogP contribution in [-0.4, -0.2) is 42.0 Å². The Hall–Kier alpha value is -0.130. The summed E-state index contributed by atoms with van der Waals surface area (Å²) in [6.07, 6.45) is -0.459. The lowest BCUT2D eigenvalue weighted by Gasteiger charge is -2.16. The van der Waals surface area contributed by atoms with Crippen molar-refractivity contribution in [1.29, 1.82) is 0 Å². The number of aliphatic hydroxyl groups excluding tert-OH is 1. The van der Waals surface area contributed by atoms with Gasteiger partial charge in [-0.05, 0) is 20.0 Å². The van der Waals surface area contributed by atoms with Gasteiger partial charge in [-0.1, -0.05) is 23.2 Å². The Balaban J connectivity index is 2.62. The van der Waals surface area contributed by atoms with E-state index >= 15 is 0 Å². The average molecular weight is 282 g/mol. The van der Waals surface area contributed by atoms with Crippen LogP contribution >= 0.6 is 34.5 Å². The van der Waals surface area contributed by atoms with Crippen molar-refractivity contribution < 1.29 is 9.90 Å². The molecular weight excluding hydrogens is 269 g/mol. The molecule has 0 aliphatic heterocycles. The van der Waals surface area contributed by atoms with Gasteiger partial charge in [-0.25, -0.2) is 0 Å². The number of rotatable bonds is 5. The number of ketones is 1. The number of Topliss-reactive ketones (excluding diaryl/α,β-unsaturated/α-hetero) is 1. The van der Waals surface area contributed by atoms with Crippen LogP contribution in [0.5, 0.6) is 0 Å². The molecular formula is C10H13Cl2NO2S. The maximum absolute atomic E-state index is 11.8. The van der Waals surface area contributed by atoms with Crippen LogP contribution in [0.4, 0.5) is 0 Å². The highest BCUT2D eigenvalue weighted by Gasteiger charge is 2.16. The van der Waals surface area contributed by atoms with Crippen LogP contribution < -0.4 is 0 Å². The zero-order valence-corrected chi connectivity index (χ0v) is 11.4. The van der Waals surface area contributed by atoms with E-state index in [9.17, 15) is 4.79 Å². The van der Waals surface area contributed by atoms with Gasteiger partial charge >= 0.3 is 0 Å². The number of carbonyl (C=O) groups is 1. The van der Waals surface area contributed by atoms with E-state index in [0.717, 1.165) is 0 Å². The zero-order chi connectivity index (χ0) is 12.3. The normalized spacial score (nSPS) is 13.1. The molecule has 16 heavy (non-hydrogen) atoms. The van der Waals surface area contributed by atoms with Crippen LogP contribution in [0.1, 0.15) is 17.3 Å². The predicted octanol–water partition coefficient (Wildman–Crippen LogP) is 2.55. The molecule has 0 spiro atoms. The van der Waals surface area contributed by atoms with E-state index in [-0.39, 0.29) is 12.3 Å². The Kier molecular flexibility index (Phi) is 5.21. The summed E-state index contributed by atoms with van der Waals surface area (Å²) < 4.78 is 0.923. The van der Waals surface area contributed by atoms with E-state index in [0.29, 0.717) is 20.8 Å². The first-order chi connectivity index (χ1) is 7.40. The van der Waals surface area contributed by atoms with Gasteiger partial charge in [0.05, 0.1) is 22.5 Å². The monoisotopic (exact) mass is 281 g/mol. The summed E-state index contributed by atoms with van der Waals surface area (Å²) >= 11 is 12.8. The minimum atomic E-state index is -0.459. The molecule has 0 saturated carbocycles. The van der Waals surface area contributed by atoms with Crippen molar-refractivity contribution in [2.24, 2.45) is 0 Å². The lowest BCUT2D eigenvalue weighted by Crippen LogP contribution is -2.32. The molecule has 6 heteroatoms. The quantitative estimate of drug-likeness (QED) is 0.844. The number of halogens is 2. The van der Waals surface area contributed by atoms with Gasteiger partial charge in [-0.3, -0.25) is 9.69 Å². The third-order valence-electron chi connectivity index (χ3n) is 1.95. The molecule has 0 aliphatic rings. The Bertz CT molecular complexity index is 379. The molecule has 1 rings (SSSR count). The first-order valence-electron chi connectivity index (χ1n) is 4.74. The molecule has 1 aromatic heterocycles. The molecule has 90 valence electrons. The maximum Gasteiger partial charge on any atom is 0.179 e. The number of likely N-dealkylation sites (N-methyl/N-ethyl adjacent to an activating group) is 1. The average Bonchev–Trinajstić information content (AvgIpc) is 2.43. The summed E-state index contributed by atoms with van der Waals surface area (Å²) in [6, 6.07) is 1.58. The minimum Gasteiger partial charge on any atom is -0.392 e. The van der Waals surface area contributed by atoms with Crippen LogP contribution in [0.3, 0.4) is 0 Å². The standard InChI is InChI=1S/C10H13Cl2NO2S/c1-6(14)4-13(2)5-8(15)7-3-9(11)16-10(7)12/h3,6,14H,4-5H2,1-2H3. The van der Waals surface area contributed by atoms with Crippen molar-refractivity contribution >= 4 is 40.3 Å². The second-order valence-corrected chi connectivity index (χ2v) is 5.99. The molecule has 0 aliphatic carbocycles. The van der Waals surface area contributed by atoms with Crippen LogP contribution in [0.2, 0.25) is 8.67 Å². The third kappa shape index (κ3) is 4.03. The van der Waals surface area contributed by atoms with E-state index in [2.05, 4.69) is 0 Å². The number of hydrogen-bond donors (Lipinski definition) is 1. The van der Waals surface area contributed by atoms with Crippen molar-refractivity contribution in [3.05, 3.63) is 20.3 Å². The number of aliphatic hydroxyl groups is 1. The minimum absolute atomic E-state index is 0.0868. The summed E-state index contributed by atoms with van der Waals surface area (Å²) in [5.74, 6) is -0.0868. The van der Waals surface area contributed by atoms with Gasteiger partial charge in [0.2, 0.25) is 0 Å². The smallest absolute Gasteiger partial charge is 0.179 e. The molecule has 1 atom stereocenters. The summed E-state index contributed by atoms with van der Waals surface area (Å²) in [5, 5.41) is 9.17. The predicted molar refractivity (Wildman–Crippen MR) is 67.8 cm³/mol. The summed E-state index contributed by atoms with van der Waals surface area (Å²) in [7, 11) is 1.77. The third-order valence-corrected chi connectivity index (χ3v) is 3.43. The van der Waals surface area contributed by atoms with E-state index < -0.39 is 6.10 Å². The molecule has 1 heterocycles. The number of nitrogens with zero attached hydrogens (tertiary/aromatic N) is 1. The number of hydrogen-bond acceptors (Lipinski definition) is 4. The summed E-state index contributed by atoms with van der Waals surface area (Å²) in [5.41, 5.74) is 0.453. The highest BCUT2D eigenvalue weighted by atomic mass is 35.5. The van der Waals surface area contributed by atoms with Gasteiger partial charge in [0.25, 0.3) is 0 Å². The second kappa shape index (κ2) is 5.98. The maximum atomic E-state index is 11.8. The molecule has 1 aromatic rings. The highest BCUT2D eigenvalue weighted by Crippen LogP contribution is 2.31. The molecule has 3 nitrogen and oxygen atoms in total. The first-order valence-corrected chi connectivity index (χ1v) is 6.32. The Labute approximate surface area is 109 Å². The summed E-state index contributed by atoms with van der Waals surface area (Å²) in [6.45, 7) is 2.34. The fourth-order valence-electron chi connectivity index (χ4n) is 1.38. The Morgan fingerprint density at radius 3 is 2.69 bits per heavy atom.